The highest BCUT2D eigenvalue weighted by Crippen LogP contribution is 2.20. The largest absolute Gasteiger partial charge is 0.393 e. The number of hydrogen-bond donors (Lipinski definition) is 1. The minimum absolute atomic E-state index is 0.164. The van der Waals surface area contributed by atoms with E-state index in [2.05, 4.69) is 0 Å². The number of carbonyl (C=O) groups excluding carboxylic acids is 1. The molecule has 0 aliphatic carbocycles. The van der Waals surface area contributed by atoms with Crippen LogP contribution in [-0.4, -0.2) is 17.4 Å². The third kappa shape index (κ3) is 3.99. The van der Waals surface area contributed by atoms with Gasteiger partial charge in [-0.1, -0.05) is 31.6 Å². The van der Waals surface area contributed by atoms with Gasteiger partial charge >= 0.3 is 0 Å². The van der Waals surface area contributed by atoms with Crippen LogP contribution in [0.3, 0.4) is 0 Å². The predicted octanol–water partition coefficient (Wildman–Crippen LogP) is 2.88. The first kappa shape index (κ1) is 15.6. The number of anilines is 1. The molecule has 1 aromatic carbocycles. The van der Waals surface area contributed by atoms with Crippen LogP contribution < -0.4 is 10.6 Å². The summed E-state index contributed by atoms with van der Waals surface area (Å²) in [7, 11) is 0. The third-order valence-corrected chi connectivity index (χ3v) is 3.21. The van der Waals surface area contributed by atoms with E-state index in [0.29, 0.717) is 18.7 Å². The summed E-state index contributed by atoms with van der Waals surface area (Å²) in [4.78, 5) is 14.2. The lowest BCUT2D eigenvalue weighted by molar-refractivity contribution is -0.120. The van der Waals surface area contributed by atoms with Gasteiger partial charge < -0.3 is 10.6 Å². The van der Waals surface area contributed by atoms with Crippen LogP contribution in [0.5, 0.6) is 0 Å². The Morgan fingerprint density at radius 2 is 2.16 bits per heavy atom. The van der Waals surface area contributed by atoms with Gasteiger partial charge in [0.25, 0.3) is 0 Å². The van der Waals surface area contributed by atoms with E-state index >= 15 is 0 Å². The third-order valence-electron chi connectivity index (χ3n) is 2.92. The predicted molar refractivity (Wildman–Crippen MR) is 79.6 cm³/mol. The van der Waals surface area contributed by atoms with Crippen molar-refractivity contribution in [2.45, 2.75) is 26.7 Å². The smallest absolute Gasteiger partial charge is 0.236 e. The molecule has 1 atom stereocenters. The van der Waals surface area contributed by atoms with Crippen molar-refractivity contribution in [3.8, 4) is 0 Å². The fraction of sp³-hybridized carbons (Fsp3) is 0.429. The van der Waals surface area contributed by atoms with Crippen LogP contribution in [0.1, 0.15) is 26.7 Å². The molecule has 1 rings (SSSR count). The highest BCUT2D eigenvalue weighted by atomic mass is 32.1. The van der Waals surface area contributed by atoms with Crippen LogP contribution in [0.25, 0.3) is 0 Å². The molecule has 104 valence electrons. The van der Waals surface area contributed by atoms with E-state index in [9.17, 15) is 9.18 Å². The Balaban J connectivity index is 3.01. The number of nitrogens with zero attached hydrogens (tertiary/aromatic N) is 1. The Bertz CT molecular complexity index is 465. The average molecular weight is 282 g/mol. The van der Waals surface area contributed by atoms with Crippen molar-refractivity contribution in [2.24, 2.45) is 11.7 Å². The van der Waals surface area contributed by atoms with E-state index < -0.39 is 5.92 Å². The molecule has 0 spiro atoms. The number of halogens is 1. The molecule has 0 aliphatic heterocycles. The lowest BCUT2D eigenvalue weighted by Crippen LogP contribution is -2.41. The van der Waals surface area contributed by atoms with E-state index in [1.807, 2.05) is 13.8 Å². The number of hydrogen-bond acceptors (Lipinski definition) is 2. The molecule has 1 unspecified atom stereocenters. The van der Waals surface area contributed by atoms with Crippen molar-refractivity contribution in [3.63, 3.8) is 0 Å². The summed E-state index contributed by atoms with van der Waals surface area (Å²) in [5.41, 5.74) is 6.17. The van der Waals surface area contributed by atoms with Crippen LogP contribution in [0.4, 0.5) is 10.1 Å². The molecule has 1 aromatic rings. The van der Waals surface area contributed by atoms with Gasteiger partial charge in [0.15, 0.2) is 0 Å². The Hall–Kier alpha value is -1.49. The van der Waals surface area contributed by atoms with Gasteiger partial charge in [-0.25, -0.2) is 4.39 Å². The number of nitrogens with two attached hydrogens (primary N) is 1. The molecule has 5 heteroatoms. The molecular weight excluding hydrogens is 263 g/mol. The van der Waals surface area contributed by atoms with Crippen LogP contribution in [-0.2, 0) is 4.79 Å². The molecule has 19 heavy (non-hydrogen) atoms. The average Bonchev–Trinajstić information content (AvgIpc) is 2.36. The molecule has 0 aromatic heterocycles. The van der Waals surface area contributed by atoms with E-state index in [1.54, 1.807) is 12.1 Å². The molecule has 0 radical (unpaired) electrons. The van der Waals surface area contributed by atoms with Gasteiger partial charge in [-0.05, 0) is 31.5 Å². The highest BCUT2D eigenvalue weighted by Gasteiger charge is 2.26. The van der Waals surface area contributed by atoms with Gasteiger partial charge in [0.05, 0.1) is 10.9 Å². The molecular formula is C14H19FN2OS. The SMILES string of the molecule is CCCC(C(=O)N(CC)c1cccc(F)c1)C(N)=S. The van der Waals surface area contributed by atoms with Crippen LogP contribution in [0.15, 0.2) is 24.3 Å². The molecule has 0 heterocycles. The Kier molecular flexibility index (Phi) is 5.89. The maximum absolute atomic E-state index is 13.2. The van der Waals surface area contributed by atoms with Gasteiger partial charge in [-0.15, -0.1) is 0 Å². The number of amides is 1. The zero-order valence-electron chi connectivity index (χ0n) is 11.2. The van der Waals surface area contributed by atoms with Crippen molar-refractivity contribution in [1.29, 1.82) is 0 Å². The summed E-state index contributed by atoms with van der Waals surface area (Å²) in [6.45, 7) is 4.26. The van der Waals surface area contributed by atoms with E-state index in [1.165, 1.54) is 17.0 Å². The summed E-state index contributed by atoms with van der Waals surface area (Å²) in [6.07, 6.45) is 1.43. The van der Waals surface area contributed by atoms with E-state index in [-0.39, 0.29) is 16.7 Å². The molecule has 0 aliphatic rings. The zero-order chi connectivity index (χ0) is 14.4. The summed E-state index contributed by atoms with van der Waals surface area (Å²) in [6, 6.07) is 5.96. The van der Waals surface area contributed by atoms with Crippen LogP contribution >= 0.6 is 12.2 Å². The van der Waals surface area contributed by atoms with Gasteiger partial charge in [0, 0.05) is 12.2 Å². The van der Waals surface area contributed by atoms with E-state index in [4.69, 9.17) is 18.0 Å². The molecule has 2 N–H and O–H groups in total. The first-order valence-electron chi connectivity index (χ1n) is 6.37. The van der Waals surface area contributed by atoms with Crippen molar-refractivity contribution >= 4 is 28.8 Å². The second kappa shape index (κ2) is 7.19. The standard InChI is InChI=1S/C14H19FN2OS/c1-3-6-12(13(16)19)14(18)17(4-2)11-8-5-7-10(15)9-11/h5,7-9,12H,3-4,6H2,1-2H3,(H2,16,19). The second-order valence-corrected chi connectivity index (χ2v) is 4.78. The Morgan fingerprint density at radius 3 is 2.63 bits per heavy atom. The topological polar surface area (TPSA) is 46.3 Å². The fourth-order valence-electron chi connectivity index (χ4n) is 1.97. The maximum atomic E-state index is 13.2. The number of carbonyl (C=O) groups is 1. The second-order valence-electron chi connectivity index (χ2n) is 4.31. The first-order chi connectivity index (χ1) is 9.01. The highest BCUT2D eigenvalue weighted by molar-refractivity contribution is 7.80. The quantitative estimate of drug-likeness (QED) is 0.816. The van der Waals surface area contributed by atoms with Crippen molar-refractivity contribution in [2.75, 3.05) is 11.4 Å². The molecule has 0 saturated carbocycles. The number of thiocarbonyl (C=S) groups is 1. The molecule has 3 nitrogen and oxygen atoms in total. The van der Waals surface area contributed by atoms with Gasteiger partial charge in [0.2, 0.25) is 5.91 Å². The van der Waals surface area contributed by atoms with Crippen molar-refractivity contribution in [1.82, 2.24) is 0 Å². The molecule has 0 fully saturated rings. The minimum atomic E-state index is -0.483. The first-order valence-corrected chi connectivity index (χ1v) is 6.78. The lowest BCUT2D eigenvalue weighted by atomic mass is 10.0. The van der Waals surface area contributed by atoms with Crippen LogP contribution in [0.2, 0.25) is 0 Å². The van der Waals surface area contributed by atoms with Gasteiger partial charge in [-0.3, -0.25) is 4.79 Å². The number of rotatable bonds is 6. The van der Waals surface area contributed by atoms with Gasteiger partial charge in [0.1, 0.15) is 5.82 Å². The minimum Gasteiger partial charge on any atom is -0.393 e. The summed E-state index contributed by atoms with van der Waals surface area (Å²) in [5, 5.41) is 0. The monoisotopic (exact) mass is 282 g/mol. The Morgan fingerprint density at radius 1 is 1.47 bits per heavy atom. The summed E-state index contributed by atoms with van der Waals surface area (Å²) in [5.74, 6) is -1.02. The van der Waals surface area contributed by atoms with Crippen molar-refractivity contribution < 1.29 is 9.18 Å². The van der Waals surface area contributed by atoms with Crippen LogP contribution in [0, 0.1) is 11.7 Å². The van der Waals surface area contributed by atoms with Gasteiger partial charge in [-0.2, -0.15) is 0 Å². The van der Waals surface area contributed by atoms with E-state index in [0.717, 1.165) is 6.42 Å². The molecule has 0 saturated heterocycles. The fourth-order valence-corrected chi connectivity index (χ4v) is 2.19. The molecule has 0 bridgehead atoms. The number of benzene rings is 1. The normalized spacial score (nSPS) is 11.9. The summed E-state index contributed by atoms with van der Waals surface area (Å²) >= 11 is 4.96. The zero-order valence-corrected chi connectivity index (χ0v) is 12.0. The summed E-state index contributed by atoms with van der Waals surface area (Å²) < 4.78 is 13.2. The van der Waals surface area contributed by atoms with Crippen molar-refractivity contribution in [3.05, 3.63) is 30.1 Å². The lowest BCUT2D eigenvalue weighted by Gasteiger charge is -2.25. The Labute approximate surface area is 118 Å². The molecule has 1 amide bonds. The maximum Gasteiger partial charge on any atom is 0.236 e.